The number of anilines is 1. The number of benzene rings is 1. The summed E-state index contributed by atoms with van der Waals surface area (Å²) in [6, 6.07) is 7.13. The normalized spacial score (nSPS) is 11.7. The summed E-state index contributed by atoms with van der Waals surface area (Å²) in [5.41, 5.74) is -1.34. The minimum Gasteiger partial charge on any atom is -0.437 e. The molecule has 1 amide bonds. The van der Waals surface area contributed by atoms with Crippen molar-refractivity contribution in [1.29, 1.82) is 0 Å². The number of amides is 1. The quantitative estimate of drug-likeness (QED) is 0.256. The Kier molecular flexibility index (Phi) is 8.14. The molecule has 13 heteroatoms. The summed E-state index contributed by atoms with van der Waals surface area (Å²) in [5, 5.41) is 2.47. The van der Waals surface area contributed by atoms with Crippen LogP contribution in [0, 0.1) is 18.2 Å². The molecule has 0 atom stereocenters. The molecule has 0 aliphatic carbocycles. The first-order valence-electron chi connectivity index (χ1n) is 10.2. The number of hydrogen-bond acceptors (Lipinski definition) is 6. The number of carbonyl (C=O) groups is 1. The van der Waals surface area contributed by atoms with Gasteiger partial charge in [-0.05, 0) is 48.0 Å². The van der Waals surface area contributed by atoms with Crippen LogP contribution in [0.1, 0.15) is 22.4 Å². The number of carbonyl (C=O) groups excluding carboxylic acids is 1. The fourth-order valence-electron chi connectivity index (χ4n) is 2.92. The van der Waals surface area contributed by atoms with E-state index in [0.717, 1.165) is 30.5 Å². The van der Waals surface area contributed by atoms with Crippen LogP contribution >= 0.6 is 0 Å². The molecule has 0 bridgehead atoms. The summed E-state index contributed by atoms with van der Waals surface area (Å²) in [6.07, 6.45) is 6.41. The number of nitrogens with zero attached hydrogens (tertiary/aromatic N) is 2. The van der Waals surface area contributed by atoms with E-state index in [9.17, 15) is 30.8 Å². The summed E-state index contributed by atoms with van der Waals surface area (Å²) in [7, 11) is -3.78. The van der Waals surface area contributed by atoms with Gasteiger partial charge in [-0.2, -0.15) is 13.2 Å². The van der Waals surface area contributed by atoms with Gasteiger partial charge in [-0.3, -0.25) is 14.5 Å². The molecule has 0 spiro atoms. The summed E-state index contributed by atoms with van der Waals surface area (Å²) in [4.78, 5) is 19.6. The number of alkyl halides is 3. The van der Waals surface area contributed by atoms with Gasteiger partial charge in [-0.1, -0.05) is 5.92 Å². The topological polar surface area (TPSA) is 110 Å². The third-order valence-corrected chi connectivity index (χ3v) is 5.08. The highest BCUT2D eigenvalue weighted by atomic mass is 32.2. The van der Waals surface area contributed by atoms with Crippen LogP contribution in [0.25, 0.3) is 6.08 Å². The zero-order chi connectivity index (χ0) is 27.2. The van der Waals surface area contributed by atoms with Crippen molar-refractivity contribution in [3.05, 3.63) is 83.1 Å². The van der Waals surface area contributed by atoms with E-state index in [1.54, 1.807) is 0 Å². The molecule has 2 N–H and O–H groups in total. The van der Waals surface area contributed by atoms with Gasteiger partial charge in [0.15, 0.2) is 0 Å². The van der Waals surface area contributed by atoms with Gasteiger partial charge >= 0.3 is 6.18 Å². The van der Waals surface area contributed by atoms with Crippen molar-refractivity contribution < 1.29 is 35.5 Å². The number of sulfonamides is 1. The van der Waals surface area contributed by atoms with Gasteiger partial charge in [0.2, 0.25) is 21.8 Å². The predicted molar refractivity (Wildman–Crippen MR) is 127 cm³/mol. The van der Waals surface area contributed by atoms with Crippen LogP contribution in [-0.2, 0) is 27.5 Å². The maximum atomic E-state index is 14.4. The van der Waals surface area contributed by atoms with Crippen molar-refractivity contribution in [3.63, 3.8) is 0 Å². The molecule has 192 valence electrons. The number of ether oxygens (including phenoxy) is 1. The van der Waals surface area contributed by atoms with Crippen LogP contribution in [0.3, 0.4) is 0 Å². The lowest BCUT2D eigenvalue weighted by molar-refractivity contribution is -0.141. The van der Waals surface area contributed by atoms with Crippen molar-refractivity contribution in [1.82, 2.24) is 15.3 Å². The van der Waals surface area contributed by atoms with Gasteiger partial charge in [0, 0.05) is 24.4 Å². The highest BCUT2D eigenvalue weighted by molar-refractivity contribution is 7.92. The molecule has 0 fully saturated rings. The fourth-order valence-corrected chi connectivity index (χ4v) is 3.50. The molecular formula is C24H18F4N4O4S. The van der Waals surface area contributed by atoms with Crippen LogP contribution in [-0.4, -0.2) is 30.5 Å². The molecule has 2 heterocycles. The number of rotatable bonds is 8. The first-order chi connectivity index (χ1) is 17.4. The molecule has 0 saturated carbocycles. The molecule has 3 aromatic rings. The van der Waals surface area contributed by atoms with Crippen molar-refractivity contribution in [2.45, 2.75) is 12.7 Å². The Bertz CT molecular complexity index is 1490. The smallest absolute Gasteiger partial charge is 0.433 e. The van der Waals surface area contributed by atoms with E-state index in [1.165, 1.54) is 36.7 Å². The van der Waals surface area contributed by atoms with Crippen molar-refractivity contribution >= 4 is 27.7 Å². The Balaban J connectivity index is 1.77. The Morgan fingerprint density at radius 3 is 2.62 bits per heavy atom. The Morgan fingerprint density at radius 2 is 2.00 bits per heavy atom. The molecule has 0 radical (unpaired) electrons. The summed E-state index contributed by atoms with van der Waals surface area (Å²) >= 11 is 0. The highest BCUT2D eigenvalue weighted by Crippen LogP contribution is 2.32. The fraction of sp³-hybridized carbons (Fsp3) is 0.125. The van der Waals surface area contributed by atoms with Crippen molar-refractivity contribution in [2.24, 2.45) is 0 Å². The molecule has 8 nitrogen and oxygen atoms in total. The van der Waals surface area contributed by atoms with E-state index in [0.29, 0.717) is 0 Å². The zero-order valence-electron chi connectivity index (χ0n) is 19.0. The number of terminal acetylenes is 1. The third kappa shape index (κ3) is 7.77. The second-order valence-corrected chi connectivity index (χ2v) is 9.20. The molecule has 2 aromatic heterocycles. The van der Waals surface area contributed by atoms with E-state index >= 15 is 0 Å². The monoisotopic (exact) mass is 534 g/mol. The SMILES string of the molecule is C#Cc1cc(CNC(=O)/C=C\c2ccc(C(F)(F)F)nc2Oc2cccnc2)cc(F)c1NS(C)(=O)=O. The maximum absolute atomic E-state index is 14.4. The van der Waals surface area contributed by atoms with Crippen LogP contribution < -0.4 is 14.8 Å². The second kappa shape index (κ2) is 11.1. The lowest BCUT2D eigenvalue weighted by Crippen LogP contribution is -2.20. The van der Waals surface area contributed by atoms with Gasteiger partial charge in [0.1, 0.15) is 17.3 Å². The van der Waals surface area contributed by atoms with E-state index < -0.39 is 45.2 Å². The van der Waals surface area contributed by atoms with E-state index in [-0.39, 0.29) is 29.0 Å². The average molecular weight is 534 g/mol. The van der Waals surface area contributed by atoms with Gasteiger partial charge in [-0.15, -0.1) is 6.42 Å². The third-order valence-electron chi connectivity index (χ3n) is 4.50. The first kappa shape index (κ1) is 27.2. The molecule has 3 rings (SSSR count). The molecule has 0 aliphatic heterocycles. The zero-order valence-corrected chi connectivity index (χ0v) is 19.8. The average Bonchev–Trinajstić information content (AvgIpc) is 2.82. The minimum absolute atomic E-state index is 0.0711. The molecule has 0 aliphatic rings. The van der Waals surface area contributed by atoms with Gasteiger partial charge in [0.05, 0.1) is 23.7 Å². The Labute approximate surface area is 209 Å². The lowest BCUT2D eigenvalue weighted by Gasteiger charge is -2.12. The minimum atomic E-state index is -4.72. The van der Waals surface area contributed by atoms with Crippen LogP contribution in [0.15, 0.2) is 54.9 Å². The number of pyridine rings is 2. The number of aromatic nitrogens is 2. The molecule has 0 unspecified atom stereocenters. The Hall–Kier alpha value is -4.44. The van der Waals surface area contributed by atoms with Gasteiger partial charge in [-0.25, -0.2) is 17.8 Å². The van der Waals surface area contributed by atoms with Crippen molar-refractivity contribution in [2.75, 3.05) is 11.0 Å². The van der Waals surface area contributed by atoms with Crippen molar-refractivity contribution in [3.8, 4) is 24.0 Å². The van der Waals surface area contributed by atoms with Crippen LogP contribution in [0.4, 0.5) is 23.2 Å². The molecule has 37 heavy (non-hydrogen) atoms. The molecule has 0 saturated heterocycles. The van der Waals surface area contributed by atoms with Crippen LogP contribution in [0.2, 0.25) is 0 Å². The number of hydrogen-bond donors (Lipinski definition) is 2. The predicted octanol–water partition coefficient (Wildman–Crippen LogP) is 4.11. The summed E-state index contributed by atoms with van der Waals surface area (Å²) in [5.74, 6) is 0.298. The molecular weight excluding hydrogens is 516 g/mol. The second-order valence-electron chi connectivity index (χ2n) is 7.45. The summed E-state index contributed by atoms with van der Waals surface area (Å²) < 4.78 is 84.0. The Morgan fingerprint density at radius 1 is 1.24 bits per heavy atom. The van der Waals surface area contributed by atoms with E-state index in [4.69, 9.17) is 11.2 Å². The number of nitrogens with one attached hydrogen (secondary N) is 2. The summed E-state index contributed by atoms with van der Waals surface area (Å²) in [6.45, 7) is -0.182. The highest BCUT2D eigenvalue weighted by Gasteiger charge is 2.33. The lowest BCUT2D eigenvalue weighted by atomic mass is 10.1. The standard InChI is InChI=1S/C24H18F4N4O4S/c1-3-16-11-15(12-19(25)22(16)32-37(2,34)35)13-30-21(33)9-7-17-6-8-20(24(26,27)28)31-23(17)36-18-5-4-10-29-14-18/h1,4-12,14,32H,13H2,2H3,(H,30,33)/b9-7-. The largest absolute Gasteiger partial charge is 0.437 e. The van der Waals surface area contributed by atoms with Crippen LogP contribution in [0.5, 0.6) is 11.6 Å². The van der Waals surface area contributed by atoms with E-state index in [2.05, 4.69) is 21.2 Å². The first-order valence-corrected chi connectivity index (χ1v) is 12.1. The number of halogens is 4. The van der Waals surface area contributed by atoms with E-state index in [1.807, 2.05) is 4.72 Å². The maximum Gasteiger partial charge on any atom is 0.433 e. The molecule has 1 aromatic carbocycles. The van der Waals surface area contributed by atoms with Gasteiger partial charge in [0.25, 0.3) is 0 Å². The van der Waals surface area contributed by atoms with Gasteiger partial charge < -0.3 is 10.1 Å².